The molecular weight excluding hydrogens is 259 g/mol. The topological polar surface area (TPSA) is 89.2 Å². The van der Waals surface area contributed by atoms with Crippen LogP contribution in [0.15, 0.2) is 29.2 Å². The molecule has 1 aromatic carbocycles. The van der Waals surface area contributed by atoms with Gasteiger partial charge in [-0.15, -0.1) is 11.8 Å². The number of nitrogens with two attached hydrogens (primary N) is 1. The maximum atomic E-state index is 10.4. The smallest absolute Gasteiger partial charge is 0.811 e. The maximum Gasteiger partial charge on any atom is 1.00 e. The minimum atomic E-state index is -4.32. The summed E-state index contributed by atoms with van der Waals surface area (Å²) < 4.78 is 10.4. The van der Waals surface area contributed by atoms with Crippen molar-refractivity contribution < 1.29 is 52.1 Å². The first-order chi connectivity index (χ1) is 7.49. The summed E-state index contributed by atoms with van der Waals surface area (Å²) in [4.78, 5) is 21.7. The van der Waals surface area contributed by atoms with Crippen LogP contribution < -0.4 is 53.2 Å². The van der Waals surface area contributed by atoms with E-state index in [0.29, 0.717) is 12.8 Å². The molecule has 0 aliphatic rings. The molecule has 1 aromatic rings. The SMILES string of the molecule is Nc1ccccc1SCCCCP(=O)([O-])[O-].[Li+].[Li+]. The van der Waals surface area contributed by atoms with Gasteiger partial charge in [-0.25, -0.2) is 0 Å². The fourth-order valence-electron chi connectivity index (χ4n) is 1.20. The average molecular weight is 273 g/mol. The van der Waals surface area contributed by atoms with Gasteiger partial charge in [-0.1, -0.05) is 19.7 Å². The molecule has 0 fully saturated rings. The Bertz CT molecular complexity index is 389. The Morgan fingerprint density at radius 3 is 2.33 bits per heavy atom. The van der Waals surface area contributed by atoms with Gasteiger partial charge in [0.05, 0.1) is 0 Å². The molecule has 18 heavy (non-hydrogen) atoms. The second-order valence-electron chi connectivity index (χ2n) is 3.43. The van der Waals surface area contributed by atoms with Crippen molar-refractivity contribution in [2.75, 3.05) is 17.6 Å². The molecule has 0 saturated heterocycles. The third-order valence-corrected chi connectivity index (χ3v) is 4.04. The molecule has 0 aliphatic carbocycles. The summed E-state index contributed by atoms with van der Waals surface area (Å²) in [7, 11) is -4.32. The Morgan fingerprint density at radius 2 is 1.78 bits per heavy atom. The van der Waals surface area contributed by atoms with E-state index in [1.807, 2.05) is 24.3 Å². The van der Waals surface area contributed by atoms with Crippen LogP contribution in [0.3, 0.4) is 0 Å². The van der Waals surface area contributed by atoms with Gasteiger partial charge in [0.1, 0.15) is 0 Å². The van der Waals surface area contributed by atoms with Crippen molar-refractivity contribution >= 4 is 25.0 Å². The fraction of sp³-hybridized carbons (Fsp3) is 0.400. The van der Waals surface area contributed by atoms with Crippen LogP contribution in [0, 0.1) is 0 Å². The zero-order chi connectivity index (χ0) is 12.0. The van der Waals surface area contributed by atoms with Crippen LogP contribution in [0.2, 0.25) is 0 Å². The summed E-state index contributed by atoms with van der Waals surface area (Å²) in [6, 6.07) is 7.52. The van der Waals surface area contributed by atoms with Gasteiger partial charge in [-0.05, 0) is 36.9 Å². The van der Waals surface area contributed by atoms with Gasteiger partial charge in [0, 0.05) is 10.6 Å². The molecule has 4 nitrogen and oxygen atoms in total. The Balaban J connectivity index is 0. The first-order valence-corrected chi connectivity index (χ1v) is 7.69. The number of hydrogen-bond acceptors (Lipinski definition) is 5. The van der Waals surface area contributed by atoms with Gasteiger partial charge in [-0.3, -0.25) is 0 Å². The molecule has 0 spiro atoms. The summed E-state index contributed by atoms with van der Waals surface area (Å²) in [5.74, 6) is 0.772. The molecule has 2 N–H and O–H groups in total. The summed E-state index contributed by atoms with van der Waals surface area (Å²) in [5, 5.41) is 0. The Hall–Kier alpha value is 0.715. The van der Waals surface area contributed by atoms with Crippen molar-refractivity contribution in [3.8, 4) is 0 Å². The molecular formula is C10H14Li2NO3PS. The monoisotopic (exact) mass is 273 g/mol. The Morgan fingerprint density at radius 1 is 1.17 bits per heavy atom. The molecule has 0 atom stereocenters. The molecule has 0 radical (unpaired) electrons. The summed E-state index contributed by atoms with van der Waals surface area (Å²) >= 11 is 1.58. The van der Waals surface area contributed by atoms with Gasteiger partial charge in [0.15, 0.2) is 0 Å². The van der Waals surface area contributed by atoms with Crippen molar-refractivity contribution in [3.63, 3.8) is 0 Å². The molecule has 90 valence electrons. The number of thioether (sulfide) groups is 1. The van der Waals surface area contributed by atoms with E-state index in [9.17, 15) is 14.4 Å². The van der Waals surface area contributed by atoms with Crippen LogP contribution in [0.1, 0.15) is 12.8 Å². The van der Waals surface area contributed by atoms with Gasteiger partial charge in [0.25, 0.3) is 0 Å². The minimum absolute atomic E-state index is 0. The van der Waals surface area contributed by atoms with E-state index in [1.54, 1.807) is 11.8 Å². The number of rotatable bonds is 6. The molecule has 1 rings (SSSR count). The molecule has 0 bridgehead atoms. The van der Waals surface area contributed by atoms with Crippen molar-refractivity contribution in [2.24, 2.45) is 0 Å². The first-order valence-electron chi connectivity index (χ1n) is 4.97. The summed E-state index contributed by atoms with van der Waals surface area (Å²) in [6.45, 7) is 0. The van der Waals surface area contributed by atoms with Crippen LogP contribution in [-0.4, -0.2) is 11.9 Å². The second kappa shape index (κ2) is 10.5. The van der Waals surface area contributed by atoms with E-state index in [2.05, 4.69) is 0 Å². The number of hydrogen-bond donors (Lipinski definition) is 1. The van der Waals surface area contributed by atoms with Crippen molar-refractivity contribution in [1.29, 1.82) is 0 Å². The van der Waals surface area contributed by atoms with E-state index in [-0.39, 0.29) is 43.9 Å². The quantitative estimate of drug-likeness (QED) is 0.184. The predicted molar refractivity (Wildman–Crippen MR) is 63.3 cm³/mol. The molecule has 8 heteroatoms. The molecule has 0 saturated carbocycles. The fourth-order valence-corrected chi connectivity index (χ4v) is 2.79. The second-order valence-corrected chi connectivity index (χ2v) is 6.23. The maximum absolute atomic E-state index is 10.4. The third-order valence-electron chi connectivity index (χ3n) is 2.00. The molecule has 0 amide bonds. The normalized spacial score (nSPS) is 10.3. The zero-order valence-electron chi connectivity index (χ0n) is 10.8. The average Bonchev–Trinajstić information content (AvgIpc) is 2.18. The number of benzene rings is 1. The van der Waals surface area contributed by atoms with Crippen molar-refractivity contribution in [1.82, 2.24) is 0 Å². The van der Waals surface area contributed by atoms with Gasteiger partial charge >= 0.3 is 37.7 Å². The minimum Gasteiger partial charge on any atom is -0.811 e. The van der Waals surface area contributed by atoms with Crippen LogP contribution >= 0.6 is 19.4 Å². The van der Waals surface area contributed by atoms with Crippen LogP contribution in [-0.2, 0) is 4.57 Å². The predicted octanol–water partition coefficient (Wildman–Crippen LogP) is -4.94. The molecule has 0 unspecified atom stereocenters. The largest absolute Gasteiger partial charge is 1.00 e. The standard InChI is InChI=1S/C10H16NO3PS.2Li/c11-9-5-1-2-6-10(9)16-8-4-3-7-15(12,13)14;;/h1-2,5-6H,3-4,7-8,11H2,(H2,12,13,14);;/q;2*+1/p-2. The molecule has 0 aromatic heterocycles. The van der Waals surface area contributed by atoms with Crippen LogP contribution in [0.5, 0.6) is 0 Å². The van der Waals surface area contributed by atoms with E-state index in [1.165, 1.54) is 0 Å². The number of nitrogen functional groups attached to an aromatic ring is 1. The van der Waals surface area contributed by atoms with Gasteiger partial charge in [0.2, 0.25) is 0 Å². The van der Waals surface area contributed by atoms with E-state index in [4.69, 9.17) is 5.73 Å². The summed E-state index contributed by atoms with van der Waals surface area (Å²) in [6.07, 6.45) is 0.870. The Kier molecular flexibility index (Phi) is 12.3. The van der Waals surface area contributed by atoms with E-state index >= 15 is 0 Å². The number of unbranched alkanes of at least 4 members (excludes halogenated alkanes) is 1. The zero-order valence-corrected chi connectivity index (χ0v) is 12.5. The molecule has 0 aliphatic heterocycles. The molecule has 0 heterocycles. The van der Waals surface area contributed by atoms with Crippen molar-refractivity contribution in [2.45, 2.75) is 17.7 Å². The van der Waals surface area contributed by atoms with Gasteiger partial charge < -0.3 is 20.1 Å². The van der Waals surface area contributed by atoms with E-state index in [0.717, 1.165) is 16.3 Å². The third kappa shape index (κ3) is 9.62. The van der Waals surface area contributed by atoms with E-state index < -0.39 is 7.60 Å². The van der Waals surface area contributed by atoms with Gasteiger partial charge in [-0.2, -0.15) is 0 Å². The van der Waals surface area contributed by atoms with Crippen LogP contribution in [0.4, 0.5) is 5.69 Å². The number of anilines is 1. The van der Waals surface area contributed by atoms with Crippen LogP contribution in [0.25, 0.3) is 0 Å². The first kappa shape index (κ1) is 21.0. The number of para-hydroxylation sites is 1. The van der Waals surface area contributed by atoms with Crippen molar-refractivity contribution in [3.05, 3.63) is 24.3 Å². The Labute approximate surface area is 136 Å². The summed E-state index contributed by atoms with van der Waals surface area (Å²) in [5.41, 5.74) is 6.47.